The molecule has 3 rings (SSSR count). The number of fused-ring (bicyclic) bond motifs is 1. The van der Waals surface area contributed by atoms with E-state index in [0.29, 0.717) is 33.1 Å². The van der Waals surface area contributed by atoms with Gasteiger partial charge in [-0.3, -0.25) is 14.9 Å². The highest BCUT2D eigenvalue weighted by molar-refractivity contribution is 6.32. The Bertz CT molecular complexity index is 1160. The molecule has 0 saturated heterocycles. The van der Waals surface area contributed by atoms with E-state index in [1.165, 1.54) is 37.6 Å². The molecule has 1 N–H and O–H groups in total. The maximum absolute atomic E-state index is 12.3. The monoisotopic (exact) mass is 445 g/mol. The minimum atomic E-state index is -0.607. The van der Waals surface area contributed by atoms with Gasteiger partial charge in [0.25, 0.3) is 5.69 Å². The number of ether oxygens (including phenoxy) is 2. The molecular formula is C21H20ClN3O6. The van der Waals surface area contributed by atoms with E-state index in [-0.39, 0.29) is 17.6 Å². The van der Waals surface area contributed by atoms with Crippen LogP contribution in [0.5, 0.6) is 11.5 Å². The smallest absolute Gasteiger partial charge is 0.307 e. The molecule has 1 heterocycles. The van der Waals surface area contributed by atoms with Crippen LogP contribution in [0.2, 0.25) is 5.02 Å². The number of hydrogen-bond acceptors (Lipinski definition) is 7. The zero-order chi connectivity index (χ0) is 22.5. The van der Waals surface area contributed by atoms with Gasteiger partial charge in [-0.05, 0) is 43.2 Å². The van der Waals surface area contributed by atoms with E-state index >= 15 is 0 Å². The molecule has 9 nitrogen and oxygen atoms in total. The number of nitrogens with one attached hydrogen (secondary N) is 1. The molecular weight excluding hydrogens is 426 g/mol. The van der Waals surface area contributed by atoms with Crippen LogP contribution >= 0.6 is 11.6 Å². The number of benzene rings is 2. The summed E-state index contributed by atoms with van der Waals surface area (Å²) in [5.41, 5.74) is 3.19. The third-order valence-electron chi connectivity index (χ3n) is 4.46. The Morgan fingerprint density at radius 1 is 1.35 bits per heavy atom. The number of amides is 1. The van der Waals surface area contributed by atoms with E-state index in [0.717, 1.165) is 6.42 Å². The Labute approximate surface area is 182 Å². The molecule has 0 spiro atoms. The lowest BCUT2D eigenvalue weighted by Gasteiger charge is -2.17. The first-order chi connectivity index (χ1) is 14.8. The summed E-state index contributed by atoms with van der Waals surface area (Å²) in [7, 11) is 1.50. The summed E-state index contributed by atoms with van der Waals surface area (Å²) in [6.07, 6.45) is 2.17. The summed E-state index contributed by atoms with van der Waals surface area (Å²) in [4.78, 5) is 22.7. The maximum Gasteiger partial charge on any atom is 0.307 e. The van der Waals surface area contributed by atoms with Crippen molar-refractivity contribution in [1.82, 2.24) is 5.43 Å². The minimum Gasteiger partial charge on any atom is -0.493 e. The van der Waals surface area contributed by atoms with Crippen LogP contribution in [0.25, 0.3) is 11.0 Å². The van der Waals surface area contributed by atoms with Crippen molar-refractivity contribution in [3.05, 3.63) is 62.9 Å². The van der Waals surface area contributed by atoms with Crippen LogP contribution in [-0.2, 0) is 0 Å². The van der Waals surface area contributed by atoms with Gasteiger partial charge < -0.3 is 13.9 Å². The van der Waals surface area contributed by atoms with Crippen LogP contribution in [0.3, 0.4) is 0 Å². The second kappa shape index (κ2) is 9.48. The number of halogens is 1. The molecule has 0 saturated carbocycles. The normalized spacial score (nSPS) is 12.1. The highest BCUT2D eigenvalue weighted by Crippen LogP contribution is 2.37. The Morgan fingerprint density at radius 3 is 2.81 bits per heavy atom. The predicted molar refractivity (Wildman–Crippen MR) is 116 cm³/mol. The molecule has 1 aromatic heterocycles. The van der Waals surface area contributed by atoms with Gasteiger partial charge in [0.05, 0.1) is 29.4 Å². The fourth-order valence-corrected chi connectivity index (χ4v) is 2.95. The third-order valence-corrected chi connectivity index (χ3v) is 4.74. The van der Waals surface area contributed by atoms with Crippen molar-refractivity contribution in [2.75, 3.05) is 7.11 Å². The molecule has 0 radical (unpaired) electrons. The molecule has 10 heteroatoms. The molecule has 162 valence electrons. The van der Waals surface area contributed by atoms with E-state index in [9.17, 15) is 14.9 Å². The van der Waals surface area contributed by atoms with Crippen LogP contribution in [0, 0.1) is 10.1 Å². The van der Waals surface area contributed by atoms with Crippen LogP contribution in [0.15, 0.2) is 45.9 Å². The van der Waals surface area contributed by atoms with Gasteiger partial charge in [0.2, 0.25) is 0 Å². The van der Waals surface area contributed by atoms with Crippen LogP contribution in [0.4, 0.5) is 5.69 Å². The summed E-state index contributed by atoms with van der Waals surface area (Å²) in [6, 6.07) is 8.80. The van der Waals surface area contributed by atoms with Crippen molar-refractivity contribution in [1.29, 1.82) is 0 Å². The van der Waals surface area contributed by atoms with Crippen LogP contribution < -0.4 is 14.9 Å². The molecule has 0 fully saturated rings. The zero-order valence-corrected chi connectivity index (χ0v) is 17.8. The third kappa shape index (κ3) is 5.13. The summed E-state index contributed by atoms with van der Waals surface area (Å²) in [6.45, 7) is 3.93. The number of carbonyl (C=O) groups is 1. The van der Waals surface area contributed by atoms with Crippen LogP contribution in [-0.4, -0.2) is 30.3 Å². The standard InChI is InChI=1S/C21H20ClN3O6/c1-4-12(2)30-20-16(22)7-13(8-18(20)29-3)11-23-24-21(26)19-10-14-9-15(25(27)28)5-6-17(14)31-19/h5-12H,4H2,1-3H3,(H,24,26)/b23-11+/t12-/m1/s1. The fourth-order valence-electron chi connectivity index (χ4n) is 2.69. The lowest BCUT2D eigenvalue weighted by molar-refractivity contribution is -0.384. The highest BCUT2D eigenvalue weighted by atomic mass is 35.5. The second-order valence-corrected chi connectivity index (χ2v) is 7.07. The molecule has 31 heavy (non-hydrogen) atoms. The van der Waals surface area contributed by atoms with Gasteiger partial charge in [-0.25, -0.2) is 5.43 Å². The first kappa shape index (κ1) is 22.1. The Kier molecular flexibility index (Phi) is 6.76. The summed E-state index contributed by atoms with van der Waals surface area (Å²) in [5.74, 6) is 0.251. The van der Waals surface area contributed by atoms with Crippen molar-refractivity contribution in [2.45, 2.75) is 26.4 Å². The molecule has 0 bridgehead atoms. The van der Waals surface area contributed by atoms with Gasteiger partial charge in [-0.1, -0.05) is 18.5 Å². The summed E-state index contributed by atoms with van der Waals surface area (Å²) in [5, 5.41) is 15.6. The van der Waals surface area contributed by atoms with Crippen molar-refractivity contribution in [3.8, 4) is 11.5 Å². The molecule has 0 aliphatic heterocycles. The lowest BCUT2D eigenvalue weighted by Crippen LogP contribution is -2.16. The van der Waals surface area contributed by atoms with Crippen LogP contribution in [0.1, 0.15) is 36.4 Å². The maximum atomic E-state index is 12.3. The fraction of sp³-hybridized carbons (Fsp3) is 0.238. The predicted octanol–water partition coefficient (Wildman–Crippen LogP) is 4.94. The number of hydrazone groups is 1. The Morgan fingerprint density at radius 2 is 2.13 bits per heavy atom. The van der Waals surface area contributed by atoms with Gasteiger partial charge in [-0.15, -0.1) is 0 Å². The minimum absolute atomic E-state index is 0.0273. The van der Waals surface area contributed by atoms with E-state index in [4.69, 9.17) is 25.5 Å². The molecule has 0 unspecified atom stereocenters. The van der Waals surface area contributed by atoms with Gasteiger partial charge >= 0.3 is 5.91 Å². The Hall–Kier alpha value is -3.59. The Balaban J connectivity index is 1.74. The quantitative estimate of drug-likeness (QED) is 0.298. The molecule has 3 aromatic rings. The number of hydrogen-bond donors (Lipinski definition) is 1. The molecule has 1 amide bonds. The number of non-ortho nitro benzene ring substituents is 1. The number of methoxy groups -OCH3 is 1. The summed E-state index contributed by atoms with van der Waals surface area (Å²) < 4.78 is 16.6. The average molecular weight is 446 g/mol. The van der Waals surface area contributed by atoms with E-state index in [1.807, 2.05) is 13.8 Å². The molecule has 0 aliphatic rings. The topological polar surface area (TPSA) is 116 Å². The van der Waals surface area contributed by atoms with Crippen molar-refractivity contribution < 1.29 is 23.6 Å². The lowest BCUT2D eigenvalue weighted by atomic mass is 10.2. The highest BCUT2D eigenvalue weighted by Gasteiger charge is 2.16. The number of furan rings is 1. The zero-order valence-electron chi connectivity index (χ0n) is 17.0. The number of nitro benzene ring substituents is 1. The van der Waals surface area contributed by atoms with Gasteiger partial charge in [0.15, 0.2) is 17.3 Å². The number of nitro groups is 1. The second-order valence-electron chi connectivity index (χ2n) is 6.66. The van der Waals surface area contributed by atoms with Gasteiger partial charge in [-0.2, -0.15) is 5.10 Å². The molecule has 0 aliphatic carbocycles. The van der Waals surface area contributed by atoms with E-state index in [2.05, 4.69) is 10.5 Å². The largest absolute Gasteiger partial charge is 0.493 e. The first-order valence-electron chi connectivity index (χ1n) is 9.38. The molecule has 1 atom stereocenters. The average Bonchev–Trinajstić information content (AvgIpc) is 3.18. The summed E-state index contributed by atoms with van der Waals surface area (Å²) >= 11 is 6.31. The number of rotatable bonds is 8. The number of carbonyl (C=O) groups excluding carboxylic acids is 1. The number of nitrogens with zero attached hydrogens (tertiary/aromatic N) is 2. The van der Waals surface area contributed by atoms with E-state index in [1.54, 1.807) is 12.1 Å². The van der Waals surface area contributed by atoms with Crippen molar-refractivity contribution >= 4 is 40.4 Å². The van der Waals surface area contributed by atoms with Crippen molar-refractivity contribution in [3.63, 3.8) is 0 Å². The SMILES string of the molecule is CC[C@@H](C)Oc1c(Cl)cc(/C=N/NC(=O)c2cc3cc([N+](=O)[O-])ccc3o2)cc1OC. The molecule has 2 aromatic carbocycles. The van der Waals surface area contributed by atoms with Crippen molar-refractivity contribution in [2.24, 2.45) is 5.10 Å². The van der Waals surface area contributed by atoms with Gasteiger partial charge in [0.1, 0.15) is 5.58 Å². The van der Waals surface area contributed by atoms with E-state index < -0.39 is 10.8 Å². The van der Waals surface area contributed by atoms with Gasteiger partial charge in [0, 0.05) is 17.5 Å². The first-order valence-corrected chi connectivity index (χ1v) is 9.75.